The van der Waals surface area contributed by atoms with Crippen molar-refractivity contribution in [3.05, 3.63) is 0 Å². The third-order valence-corrected chi connectivity index (χ3v) is 4.71. The highest BCUT2D eigenvalue weighted by Gasteiger charge is 2.28. The maximum Gasteiger partial charge on any atom is 0.225 e. The van der Waals surface area contributed by atoms with Crippen LogP contribution in [0.3, 0.4) is 0 Å². The zero-order valence-electron chi connectivity index (χ0n) is 15.9. The molecule has 25 heavy (non-hydrogen) atoms. The molecule has 2 aliphatic rings. The van der Waals surface area contributed by atoms with E-state index >= 15 is 0 Å². The summed E-state index contributed by atoms with van der Waals surface area (Å²) >= 11 is 0. The lowest BCUT2D eigenvalue weighted by molar-refractivity contribution is -0.133. The zero-order chi connectivity index (χ0) is 18.2. The smallest absolute Gasteiger partial charge is 0.225 e. The Balaban J connectivity index is 1.76. The molecule has 2 saturated heterocycles. The Kier molecular flexibility index (Phi) is 7.52. The van der Waals surface area contributed by atoms with E-state index in [4.69, 9.17) is 0 Å². The Hall–Kier alpha value is -1.79. The molecule has 2 N–H and O–H groups in total. The van der Waals surface area contributed by atoms with Crippen LogP contribution in [-0.2, 0) is 9.59 Å². The first-order valence-electron chi connectivity index (χ1n) is 9.62. The minimum Gasteiger partial charge on any atom is -0.357 e. The maximum absolute atomic E-state index is 12.1. The molecule has 0 aliphatic carbocycles. The van der Waals surface area contributed by atoms with Gasteiger partial charge in [-0.1, -0.05) is 13.8 Å². The van der Waals surface area contributed by atoms with Crippen LogP contribution < -0.4 is 10.6 Å². The van der Waals surface area contributed by atoms with Crippen LogP contribution in [0.15, 0.2) is 4.99 Å². The van der Waals surface area contributed by atoms with Gasteiger partial charge in [-0.2, -0.15) is 0 Å². The number of carbonyl (C=O) groups excluding carboxylic acids is 2. The van der Waals surface area contributed by atoms with Crippen LogP contribution in [0.1, 0.15) is 46.5 Å². The molecule has 0 spiro atoms. The van der Waals surface area contributed by atoms with E-state index < -0.39 is 0 Å². The summed E-state index contributed by atoms with van der Waals surface area (Å²) in [6, 6.07) is 0.251. The number of nitrogens with zero attached hydrogens (tertiary/aromatic N) is 3. The van der Waals surface area contributed by atoms with Gasteiger partial charge in [-0.15, -0.1) is 0 Å². The molecule has 2 fully saturated rings. The fraction of sp³-hybridized carbons (Fsp3) is 0.833. The van der Waals surface area contributed by atoms with Gasteiger partial charge in [-0.3, -0.25) is 14.6 Å². The molecular weight excluding hydrogens is 318 g/mol. The quantitative estimate of drug-likeness (QED) is 0.404. The molecule has 2 amide bonds. The fourth-order valence-corrected chi connectivity index (χ4v) is 3.35. The predicted molar refractivity (Wildman–Crippen MR) is 99.4 cm³/mol. The number of carbonyl (C=O) groups is 2. The van der Waals surface area contributed by atoms with Crippen molar-refractivity contribution in [2.45, 2.75) is 52.5 Å². The molecule has 142 valence electrons. The molecule has 0 aromatic heterocycles. The Labute approximate surface area is 151 Å². The van der Waals surface area contributed by atoms with Crippen molar-refractivity contribution in [1.29, 1.82) is 0 Å². The van der Waals surface area contributed by atoms with Gasteiger partial charge < -0.3 is 20.4 Å². The largest absolute Gasteiger partial charge is 0.357 e. The van der Waals surface area contributed by atoms with Gasteiger partial charge in [0.15, 0.2) is 5.96 Å². The Morgan fingerprint density at radius 3 is 2.80 bits per heavy atom. The second-order valence-electron chi connectivity index (χ2n) is 7.17. The first kappa shape index (κ1) is 19.5. The highest BCUT2D eigenvalue weighted by molar-refractivity contribution is 5.81. The van der Waals surface area contributed by atoms with E-state index in [1.165, 1.54) is 0 Å². The minimum absolute atomic E-state index is 0.0500. The third-order valence-electron chi connectivity index (χ3n) is 4.71. The van der Waals surface area contributed by atoms with Crippen LogP contribution in [-0.4, -0.2) is 72.9 Å². The average Bonchev–Trinajstić information content (AvgIpc) is 3.20. The van der Waals surface area contributed by atoms with Crippen LogP contribution in [0.5, 0.6) is 0 Å². The summed E-state index contributed by atoms with van der Waals surface area (Å²) in [5, 5.41) is 6.71. The molecule has 2 heterocycles. The number of amides is 2. The van der Waals surface area contributed by atoms with E-state index in [1.807, 2.05) is 30.6 Å². The van der Waals surface area contributed by atoms with E-state index in [-0.39, 0.29) is 23.8 Å². The van der Waals surface area contributed by atoms with Gasteiger partial charge >= 0.3 is 0 Å². The van der Waals surface area contributed by atoms with Crippen LogP contribution in [0.2, 0.25) is 0 Å². The summed E-state index contributed by atoms with van der Waals surface area (Å²) < 4.78 is 0. The maximum atomic E-state index is 12.1. The lowest BCUT2D eigenvalue weighted by atomic mass is 10.2. The molecule has 7 nitrogen and oxygen atoms in total. The van der Waals surface area contributed by atoms with Crippen LogP contribution in [0, 0.1) is 5.92 Å². The topological polar surface area (TPSA) is 77.0 Å². The summed E-state index contributed by atoms with van der Waals surface area (Å²) in [6.45, 7) is 10.7. The molecule has 0 saturated carbocycles. The molecule has 2 aliphatic heterocycles. The second-order valence-corrected chi connectivity index (χ2v) is 7.17. The van der Waals surface area contributed by atoms with Gasteiger partial charge in [0.2, 0.25) is 11.8 Å². The number of aliphatic imine (C=N–C) groups is 1. The van der Waals surface area contributed by atoms with Crippen LogP contribution in [0.25, 0.3) is 0 Å². The van der Waals surface area contributed by atoms with Gasteiger partial charge in [0.1, 0.15) is 0 Å². The summed E-state index contributed by atoms with van der Waals surface area (Å²) in [5.41, 5.74) is 0. The number of likely N-dealkylation sites (tertiary alicyclic amines) is 2. The number of nitrogens with one attached hydrogen (secondary N) is 2. The number of rotatable bonds is 7. The lowest BCUT2D eigenvalue weighted by Crippen LogP contribution is -2.45. The van der Waals surface area contributed by atoms with E-state index in [0.717, 1.165) is 57.9 Å². The van der Waals surface area contributed by atoms with Crippen molar-refractivity contribution in [3.63, 3.8) is 0 Å². The van der Waals surface area contributed by atoms with E-state index in [2.05, 4.69) is 15.6 Å². The van der Waals surface area contributed by atoms with Gasteiger partial charge in [0, 0.05) is 57.6 Å². The molecule has 1 unspecified atom stereocenters. The van der Waals surface area contributed by atoms with Gasteiger partial charge in [0.05, 0.1) is 0 Å². The summed E-state index contributed by atoms with van der Waals surface area (Å²) in [6.07, 6.45) is 3.51. The third kappa shape index (κ3) is 5.90. The standard InChI is InChI=1S/C18H33N5O2/c1-4-19-18(20-9-6-11-22-10-5-7-16(22)24)21-15-8-12-23(13-15)17(25)14(2)3/h14-15H,4-13H2,1-3H3,(H2,19,20,21). The zero-order valence-corrected chi connectivity index (χ0v) is 15.9. The predicted octanol–water partition coefficient (Wildman–Crippen LogP) is 0.811. The summed E-state index contributed by atoms with van der Waals surface area (Å²) in [7, 11) is 0. The van der Waals surface area contributed by atoms with Gasteiger partial charge in [-0.25, -0.2) is 0 Å². The number of hydrogen-bond acceptors (Lipinski definition) is 3. The van der Waals surface area contributed by atoms with E-state index in [0.29, 0.717) is 13.0 Å². The molecular formula is C18H33N5O2. The van der Waals surface area contributed by atoms with Crippen LogP contribution in [0.4, 0.5) is 0 Å². The fourth-order valence-electron chi connectivity index (χ4n) is 3.35. The Morgan fingerprint density at radius 1 is 1.36 bits per heavy atom. The normalized spacial score (nSPS) is 21.4. The monoisotopic (exact) mass is 351 g/mol. The summed E-state index contributed by atoms with van der Waals surface area (Å²) in [4.78, 5) is 32.2. The van der Waals surface area contributed by atoms with E-state index in [9.17, 15) is 9.59 Å². The molecule has 1 atom stereocenters. The second kappa shape index (κ2) is 9.63. The summed E-state index contributed by atoms with van der Waals surface area (Å²) in [5.74, 6) is 1.35. The van der Waals surface area contributed by atoms with Crippen molar-refractivity contribution >= 4 is 17.8 Å². The van der Waals surface area contributed by atoms with Crippen molar-refractivity contribution < 1.29 is 9.59 Å². The first-order chi connectivity index (χ1) is 12.0. The molecule has 0 radical (unpaired) electrons. The Bertz CT molecular complexity index is 492. The number of guanidine groups is 1. The lowest BCUT2D eigenvalue weighted by Gasteiger charge is -2.20. The Morgan fingerprint density at radius 2 is 2.16 bits per heavy atom. The van der Waals surface area contributed by atoms with Crippen molar-refractivity contribution in [3.8, 4) is 0 Å². The van der Waals surface area contributed by atoms with Crippen molar-refractivity contribution in [2.75, 3.05) is 39.3 Å². The highest BCUT2D eigenvalue weighted by atomic mass is 16.2. The highest BCUT2D eigenvalue weighted by Crippen LogP contribution is 2.13. The van der Waals surface area contributed by atoms with Crippen LogP contribution >= 0.6 is 0 Å². The van der Waals surface area contributed by atoms with Gasteiger partial charge in [0.25, 0.3) is 0 Å². The van der Waals surface area contributed by atoms with Crippen molar-refractivity contribution in [2.24, 2.45) is 10.9 Å². The molecule has 7 heteroatoms. The molecule has 0 aromatic carbocycles. The first-order valence-corrected chi connectivity index (χ1v) is 9.62. The minimum atomic E-state index is 0.0500. The number of hydrogen-bond donors (Lipinski definition) is 2. The van der Waals surface area contributed by atoms with Gasteiger partial charge in [-0.05, 0) is 26.2 Å². The average molecular weight is 351 g/mol. The molecule has 0 aromatic rings. The molecule has 2 rings (SSSR count). The van der Waals surface area contributed by atoms with E-state index in [1.54, 1.807) is 0 Å². The SMILES string of the molecule is CCNC(=NCCCN1CCCC1=O)NC1CCN(C(=O)C(C)C)C1. The van der Waals surface area contributed by atoms with Crippen molar-refractivity contribution in [1.82, 2.24) is 20.4 Å². The molecule has 0 bridgehead atoms.